The molecule has 0 aliphatic carbocycles. The van der Waals surface area contributed by atoms with Crippen molar-refractivity contribution >= 4 is 6.21 Å². The minimum absolute atomic E-state index is 0.363. The third kappa shape index (κ3) is 3.88. The lowest BCUT2D eigenvalue weighted by Gasteiger charge is -2.09. The molecule has 0 amide bonds. The van der Waals surface area contributed by atoms with Crippen LogP contribution in [0.4, 0.5) is 8.78 Å². The van der Waals surface area contributed by atoms with Gasteiger partial charge in [0.2, 0.25) is 0 Å². The van der Waals surface area contributed by atoms with E-state index >= 15 is 0 Å². The molecular weight excluding hydrogens is 272 g/mol. The van der Waals surface area contributed by atoms with Crippen LogP contribution >= 0.6 is 0 Å². The van der Waals surface area contributed by atoms with E-state index in [1.165, 1.54) is 12.1 Å². The summed E-state index contributed by atoms with van der Waals surface area (Å²) in [5, 5.41) is 0. The first-order chi connectivity index (χ1) is 10.1. The Bertz CT molecular complexity index is 640. The van der Waals surface area contributed by atoms with Gasteiger partial charge in [0.15, 0.2) is 0 Å². The normalized spacial score (nSPS) is 12.6. The molecule has 0 aliphatic rings. The second kappa shape index (κ2) is 6.97. The van der Waals surface area contributed by atoms with Crippen molar-refractivity contribution in [3.8, 4) is 5.75 Å². The second-order valence-electron chi connectivity index (χ2n) is 4.59. The summed E-state index contributed by atoms with van der Waals surface area (Å²) in [5.41, 5.74) is 1.19. The van der Waals surface area contributed by atoms with Crippen molar-refractivity contribution in [2.75, 3.05) is 6.61 Å². The highest BCUT2D eigenvalue weighted by molar-refractivity contribution is 5.83. The predicted molar refractivity (Wildman–Crippen MR) is 80.0 cm³/mol. The molecule has 0 N–H and O–H groups in total. The van der Waals surface area contributed by atoms with E-state index in [9.17, 15) is 8.78 Å². The summed E-state index contributed by atoms with van der Waals surface area (Å²) in [7, 11) is 0. The number of rotatable bonds is 5. The maximum atomic E-state index is 13.7. The van der Waals surface area contributed by atoms with Crippen molar-refractivity contribution in [1.82, 2.24) is 0 Å². The Labute approximate surface area is 123 Å². The summed E-state index contributed by atoms with van der Waals surface area (Å²) in [6.45, 7) is 4.23. The van der Waals surface area contributed by atoms with E-state index in [2.05, 4.69) is 4.99 Å². The molecule has 21 heavy (non-hydrogen) atoms. The standard InChI is InChI=1S/C17H17F2NO/c1-3-21-17-7-5-4-6-13(17)11-20-12(2)15-9-8-14(18)10-16(15)19/h4-12H,3H2,1-2H3/b20-11+. The molecule has 1 atom stereocenters. The second-order valence-corrected chi connectivity index (χ2v) is 4.59. The van der Waals surface area contributed by atoms with Gasteiger partial charge in [-0.2, -0.15) is 0 Å². The van der Waals surface area contributed by atoms with Gasteiger partial charge in [0.25, 0.3) is 0 Å². The third-order valence-corrected chi connectivity index (χ3v) is 3.07. The molecule has 0 bridgehead atoms. The van der Waals surface area contributed by atoms with Crippen molar-refractivity contribution in [3.05, 3.63) is 65.2 Å². The number of halogens is 2. The predicted octanol–water partition coefficient (Wildman–Crippen LogP) is 4.54. The highest BCUT2D eigenvalue weighted by Crippen LogP contribution is 2.22. The van der Waals surface area contributed by atoms with Crippen LogP contribution < -0.4 is 4.74 Å². The highest BCUT2D eigenvalue weighted by Gasteiger charge is 2.10. The van der Waals surface area contributed by atoms with Gasteiger partial charge >= 0.3 is 0 Å². The SMILES string of the molecule is CCOc1ccccc1/C=N/C(C)c1ccc(F)cc1F. The number of ether oxygens (including phenoxy) is 1. The third-order valence-electron chi connectivity index (χ3n) is 3.07. The quantitative estimate of drug-likeness (QED) is 0.740. The Kier molecular flexibility index (Phi) is 5.04. The summed E-state index contributed by atoms with van der Waals surface area (Å²) < 4.78 is 32.1. The van der Waals surface area contributed by atoms with Gasteiger partial charge < -0.3 is 4.74 Å². The molecule has 4 heteroatoms. The lowest BCUT2D eigenvalue weighted by Crippen LogP contribution is -1.98. The molecule has 2 aromatic rings. The molecule has 0 heterocycles. The number of aliphatic imine (C=N–C) groups is 1. The summed E-state index contributed by atoms with van der Waals surface area (Å²) in [6, 6.07) is 10.6. The first-order valence-corrected chi connectivity index (χ1v) is 6.81. The topological polar surface area (TPSA) is 21.6 Å². The lowest BCUT2D eigenvalue weighted by atomic mass is 10.1. The zero-order chi connectivity index (χ0) is 15.2. The first-order valence-electron chi connectivity index (χ1n) is 6.81. The minimum Gasteiger partial charge on any atom is -0.493 e. The van der Waals surface area contributed by atoms with Crippen LogP contribution in [-0.2, 0) is 0 Å². The zero-order valence-corrected chi connectivity index (χ0v) is 12.0. The highest BCUT2D eigenvalue weighted by atomic mass is 19.1. The molecule has 110 valence electrons. The zero-order valence-electron chi connectivity index (χ0n) is 12.0. The molecule has 0 saturated carbocycles. The number of para-hydroxylation sites is 1. The maximum Gasteiger partial charge on any atom is 0.131 e. The van der Waals surface area contributed by atoms with Crippen LogP contribution in [0.5, 0.6) is 5.75 Å². The van der Waals surface area contributed by atoms with E-state index in [-0.39, 0.29) is 0 Å². The molecule has 0 spiro atoms. The van der Waals surface area contributed by atoms with Gasteiger partial charge in [-0.05, 0) is 32.0 Å². The van der Waals surface area contributed by atoms with E-state index in [0.29, 0.717) is 12.2 Å². The van der Waals surface area contributed by atoms with Crippen molar-refractivity contribution in [1.29, 1.82) is 0 Å². The fourth-order valence-electron chi connectivity index (χ4n) is 1.99. The van der Waals surface area contributed by atoms with Crippen LogP contribution in [0.25, 0.3) is 0 Å². The monoisotopic (exact) mass is 289 g/mol. The summed E-state index contributed by atoms with van der Waals surface area (Å²) in [5.74, 6) is -0.442. The van der Waals surface area contributed by atoms with Crippen LogP contribution in [0.15, 0.2) is 47.5 Å². The van der Waals surface area contributed by atoms with Gasteiger partial charge in [-0.3, -0.25) is 4.99 Å². The van der Waals surface area contributed by atoms with E-state index < -0.39 is 17.7 Å². The van der Waals surface area contributed by atoms with E-state index in [0.717, 1.165) is 17.4 Å². The van der Waals surface area contributed by atoms with Crippen LogP contribution in [0.1, 0.15) is 31.0 Å². The Morgan fingerprint density at radius 3 is 2.67 bits per heavy atom. The largest absolute Gasteiger partial charge is 0.493 e. The fourth-order valence-corrected chi connectivity index (χ4v) is 1.99. The summed E-state index contributed by atoms with van der Waals surface area (Å²) >= 11 is 0. The van der Waals surface area contributed by atoms with E-state index in [1.54, 1.807) is 13.1 Å². The Morgan fingerprint density at radius 1 is 1.19 bits per heavy atom. The molecule has 1 unspecified atom stereocenters. The van der Waals surface area contributed by atoms with Gasteiger partial charge in [-0.1, -0.05) is 18.2 Å². The minimum atomic E-state index is -0.589. The van der Waals surface area contributed by atoms with E-state index in [4.69, 9.17) is 4.74 Å². The molecule has 2 nitrogen and oxygen atoms in total. The molecule has 0 aliphatic heterocycles. The van der Waals surface area contributed by atoms with Crippen molar-refractivity contribution < 1.29 is 13.5 Å². The van der Waals surface area contributed by atoms with Crippen LogP contribution in [0.3, 0.4) is 0 Å². The van der Waals surface area contributed by atoms with Gasteiger partial charge in [0.1, 0.15) is 17.4 Å². The van der Waals surface area contributed by atoms with Crippen molar-refractivity contribution in [2.45, 2.75) is 19.9 Å². The number of benzene rings is 2. The van der Waals surface area contributed by atoms with Gasteiger partial charge in [-0.15, -0.1) is 0 Å². The number of nitrogens with zero attached hydrogens (tertiary/aromatic N) is 1. The summed E-state index contributed by atoms with van der Waals surface area (Å²) in [6.07, 6.45) is 1.65. The van der Waals surface area contributed by atoms with Gasteiger partial charge in [0.05, 0.1) is 12.6 Å². The Morgan fingerprint density at radius 2 is 1.95 bits per heavy atom. The Hall–Kier alpha value is -2.23. The van der Waals surface area contributed by atoms with E-state index in [1.807, 2.05) is 31.2 Å². The molecule has 0 fully saturated rings. The molecule has 2 aromatic carbocycles. The van der Waals surface area contributed by atoms with Gasteiger partial charge in [0, 0.05) is 23.4 Å². The summed E-state index contributed by atoms with van der Waals surface area (Å²) in [4.78, 5) is 4.33. The molecule has 0 saturated heterocycles. The number of hydrogen-bond donors (Lipinski definition) is 0. The smallest absolute Gasteiger partial charge is 0.131 e. The molecule has 0 radical (unpaired) electrons. The molecular formula is C17H17F2NO. The van der Waals surface area contributed by atoms with Crippen LogP contribution in [0.2, 0.25) is 0 Å². The van der Waals surface area contributed by atoms with Crippen LogP contribution in [-0.4, -0.2) is 12.8 Å². The average molecular weight is 289 g/mol. The molecule has 0 aromatic heterocycles. The number of hydrogen-bond acceptors (Lipinski definition) is 2. The van der Waals surface area contributed by atoms with Gasteiger partial charge in [-0.25, -0.2) is 8.78 Å². The first kappa shape index (κ1) is 15.2. The molecule has 2 rings (SSSR count). The van der Waals surface area contributed by atoms with Crippen molar-refractivity contribution in [3.63, 3.8) is 0 Å². The maximum absolute atomic E-state index is 13.7. The fraction of sp³-hybridized carbons (Fsp3) is 0.235. The van der Waals surface area contributed by atoms with Crippen LogP contribution in [0, 0.1) is 11.6 Å². The average Bonchev–Trinajstić information content (AvgIpc) is 2.46. The Balaban J connectivity index is 2.20. The lowest BCUT2D eigenvalue weighted by molar-refractivity contribution is 0.340. The van der Waals surface area contributed by atoms with Crippen molar-refractivity contribution in [2.24, 2.45) is 4.99 Å².